The van der Waals surface area contributed by atoms with Crippen molar-refractivity contribution in [3.63, 3.8) is 0 Å². The van der Waals surface area contributed by atoms with Crippen LogP contribution in [0.15, 0.2) is 48.5 Å². The van der Waals surface area contributed by atoms with E-state index >= 15 is 0 Å². The van der Waals surface area contributed by atoms with E-state index in [0.717, 1.165) is 5.56 Å². The van der Waals surface area contributed by atoms with Crippen LogP contribution in [0, 0.1) is 11.3 Å². The molecule has 0 bridgehead atoms. The van der Waals surface area contributed by atoms with Gasteiger partial charge < -0.3 is 10.1 Å². The number of anilines is 1. The predicted molar refractivity (Wildman–Crippen MR) is 85.1 cm³/mol. The number of hydrogen-bond acceptors (Lipinski definition) is 4. The number of nitrogens with one attached hydrogen (secondary N) is 1. The standard InChI is InChI=1S/C18H12N2O3/c19-10-13-3-1-2-12(8-13)4-6-16(21)14-5-7-17-15(9-14)20-18(22)11-23-17/h1-9H,11H2,(H,20,22). The Morgan fingerprint density at radius 2 is 2.13 bits per heavy atom. The van der Waals surface area contributed by atoms with E-state index in [1.165, 1.54) is 6.08 Å². The molecule has 0 saturated carbocycles. The van der Waals surface area contributed by atoms with E-state index in [9.17, 15) is 9.59 Å². The van der Waals surface area contributed by atoms with Crippen molar-refractivity contribution in [2.24, 2.45) is 0 Å². The minimum atomic E-state index is -0.244. The number of carbonyl (C=O) groups is 2. The zero-order valence-electron chi connectivity index (χ0n) is 12.1. The second-order valence-electron chi connectivity index (χ2n) is 4.98. The Morgan fingerprint density at radius 3 is 2.96 bits per heavy atom. The first-order valence-electron chi connectivity index (χ1n) is 6.95. The molecule has 1 heterocycles. The van der Waals surface area contributed by atoms with E-state index in [-0.39, 0.29) is 18.3 Å². The number of carbonyl (C=O) groups excluding carboxylic acids is 2. The molecule has 5 heteroatoms. The summed E-state index contributed by atoms with van der Waals surface area (Å²) in [5, 5.41) is 11.5. The molecule has 0 radical (unpaired) electrons. The lowest BCUT2D eigenvalue weighted by atomic mass is 10.1. The molecule has 112 valence electrons. The normalized spacial score (nSPS) is 12.9. The van der Waals surface area contributed by atoms with Gasteiger partial charge in [-0.2, -0.15) is 5.26 Å². The summed E-state index contributed by atoms with van der Waals surface area (Å²) in [5.74, 6) is 0.104. The number of fused-ring (bicyclic) bond motifs is 1. The maximum Gasteiger partial charge on any atom is 0.262 e. The SMILES string of the molecule is N#Cc1cccc(C=CC(=O)c2ccc3c(c2)NC(=O)CO3)c1. The fraction of sp³-hybridized carbons (Fsp3) is 0.0556. The number of hydrogen-bond donors (Lipinski definition) is 1. The molecule has 0 aromatic heterocycles. The zero-order chi connectivity index (χ0) is 16.2. The number of allylic oxidation sites excluding steroid dienone is 1. The Hall–Kier alpha value is -3.39. The van der Waals surface area contributed by atoms with Gasteiger partial charge in [0.1, 0.15) is 5.75 Å². The first-order chi connectivity index (χ1) is 11.2. The third kappa shape index (κ3) is 3.27. The van der Waals surface area contributed by atoms with Gasteiger partial charge in [0.2, 0.25) is 0 Å². The average Bonchev–Trinajstić information content (AvgIpc) is 2.59. The highest BCUT2D eigenvalue weighted by molar-refractivity contribution is 6.08. The monoisotopic (exact) mass is 304 g/mol. The summed E-state index contributed by atoms with van der Waals surface area (Å²) in [7, 11) is 0. The molecule has 0 atom stereocenters. The molecule has 3 rings (SSSR count). The molecule has 0 fully saturated rings. The summed E-state index contributed by atoms with van der Waals surface area (Å²) in [4.78, 5) is 23.6. The fourth-order valence-corrected chi connectivity index (χ4v) is 2.22. The van der Waals surface area contributed by atoms with Crippen LogP contribution in [0.4, 0.5) is 5.69 Å². The van der Waals surface area contributed by atoms with E-state index in [4.69, 9.17) is 10.00 Å². The molecule has 2 aromatic carbocycles. The van der Waals surface area contributed by atoms with E-state index in [2.05, 4.69) is 11.4 Å². The summed E-state index contributed by atoms with van der Waals surface area (Å²) >= 11 is 0. The van der Waals surface area contributed by atoms with E-state index in [0.29, 0.717) is 22.6 Å². The summed E-state index contributed by atoms with van der Waals surface area (Å²) in [6, 6.07) is 13.9. The van der Waals surface area contributed by atoms with Gasteiger partial charge in [0.05, 0.1) is 17.3 Å². The number of benzene rings is 2. The van der Waals surface area contributed by atoms with Crippen LogP contribution in [0.1, 0.15) is 21.5 Å². The lowest BCUT2D eigenvalue weighted by Crippen LogP contribution is -2.25. The lowest BCUT2D eigenvalue weighted by Gasteiger charge is -2.17. The summed E-state index contributed by atoms with van der Waals surface area (Å²) in [6.07, 6.45) is 3.08. The Balaban J connectivity index is 1.80. The van der Waals surface area contributed by atoms with Gasteiger partial charge in [-0.25, -0.2) is 0 Å². The summed E-state index contributed by atoms with van der Waals surface area (Å²) < 4.78 is 5.25. The largest absolute Gasteiger partial charge is 0.482 e. The Bertz CT molecular complexity index is 863. The molecule has 5 nitrogen and oxygen atoms in total. The molecule has 1 N–H and O–H groups in total. The average molecular weight is 304 g/mol. The van der Waals surface area contributed by atoms with Gasteiger partial charge >= 0.3 is 0 Å². The number of ketones is 1. The van der Waals surface area contributed by atoms with Crippen molar-refractivity contribution in [2.75, 3.05) is 11.9 Å². The lowest BCUT2D eigenvalue weighted by molar-refractivity contribution is -0.118. The Morgan fingerprint density at radius 1 is 1.26 bits per heavy atom. The van der Waals surface area contributed by atoms with Crippen molar-refractivity contribution >= 4 is 23.5 Å². The highest BCUT2D eigenvalue weighted by Crippen LogP contribution is 2.28. The minimum Gasteiger partial charge on any atom is -0.482 e. The third-order valence-corrected chi connectivity index (χ3v) is 3.34. The van der Waals surface area contributed by atoms with Crippen LogP contribution < -0.4 is 10.1 Å². The predicted octanol–water partition coefficient (Wildman–Crippen LogP) is 2.79. The molecule has 1 amide bonds. The molecule has 1 aliphatic rings. The smallest absolute Gasteiger partial charge is 0.262 e. The number of nitrogens with zero attached hydrogens (tertiary/aromatic N) is 1. The second-order valence-corrected chi connectivity index (χ2v) is 4.98. The quantitative estimate of drug-likeness (QED) is 0.698. The first-order valence-corrected chi connectivity index (χ1v) is 6.95. The van der Waals surface area contributed by atoms with E-state index in [1.807, 2.05) is 6.07 Å². The topological polar surface area (TPSA) is 79.2 Å². The van der Waals surface area contributed by atoms with Gasteiger partial charge in [0.15, 0.2) is 12.4 Å². The van der Waals surface area contributed by atoms with Crippen LogP contribution in [0.2, 0.25) is 0 Å². The highest BCUT2D eigenvalue weighted by Gasteiger charge is 2.17. The molecule has 23 heavy (non-hydrogen) atoms. The third-order valence-electron chi connectivity index (χ3n) is 3.34. The first kappa shape index (κ1) is 14.5. The molecule has 0 unspecified atom stereocenters. The molecule has 0 spiro atoms. The molecule has 0 saturated heterocycles. The van der Waals surface area contributed by atoms with Crippen LogP contribution in [0.5, 0.6) is 5.75 Å². The molecule has 1 aliphatic heterocycles. The number of rotatable bonds is 3. The zero-order valence-corrected chi connectivity index (χ0v) is 12.1. The van der Waals surface area contributed by atoms with Gasteiger partial charge in [-0.1, -0.05) is 18.2 Å². The van der Waals surface area contributed by atoms with Crippen molar-refractivity contribution in [3.05, 3.63) is 65.2 Å². The van der Waals surface area contributed by atoms with Gasteiger partial charge in [-0.3, -0.25) is 9.59 Å². The van der Waals surface area contributed by atoms with Crippen molar-refractivity contribution < 1.29 is 14.3 Å². The van der Waals surface area contributed by atoms with Crippen LogP contribution in [-0.2, 0) is 4.79 Å². The fourth-order valence-electron chi connectivity index (χ4n) is 2.22. The summed E-state index contributed by atoms with van der Waals surface area (Å²) in [6.45, 7) is -0.0184. The van der Waals surface area contributed by atoms with Crippen molar-refractivity contribution in [2.45, 2.75) is 0 Å². The molecule has 0 aliphatic carbocycles. The van der Waals surface area contributed by atoms with Gasteiger partial charge in [0, 0.05) is 5.56 Å². The number of nitriles is 1. The minimum absolute atomic E-state index is 0.0184. The van der Waals surface area contributed by atoms with Gasteiger partial charge in [-0.15, -0.1) is 0 Å². The number of ether oxygens (including phenoxy) is 1. The van der Waals surface area contributed by atoms with Crippen molar-refractivity contribution in [1.82, 2.24) is 0 Å². The maximum absolute atomic E-state index is 12.2. The van der Waals surface area contributed by atoms with Gasteiger partial charge in [-0.05, 0) is 42.0 Å². The molecular weight excluding hydrogens is 292 g/mol. The van der Waals surface area contributed by atoms with Crippen LogP contribution in [-0.4, -0.2) is 18.3 Å². The van der Waals surface area contributed by atoms with E-state index < -0.39 is 0 Å². The molecule has 2 aromatic rings. The molecular formula is C18H12N2O3. The second kappa shape index (κ2) is 6.16. The Kier molecular flexibility index (Phi) is 3.89. The highest BCUT2D eigenvalue weighted by atomic mass is 16.5. The van der Waals surface area contributed by atoms with Crippen LogP contribution >= 0.6 is 0 Å². The van der Waals surface area contributed by atoms with E-state index in [1.54, 1.807) is 42.5 Å². The maximum atomic E-state index is 12.2. The van der Waals surface area contributed by atoms with Gasteiger partial charge in [0.25, 0.3) is 5.91 Å². The Labute approximate surface area is 132 Å². The van der Waals surface area contributed by atoms with Crippen LogP contribution in [0.3, 0.4) is 0 Å². The summed E-state index contributed by atoms with van der Waals surface area (Å²) in [5.41, 5.74) is 2.24. The van der Waals surface area contributed by atoms with Crippen molar-refractivity contribution in [1.29, 1.82) is 5.26 Å². The van der Waals surface area contributed by atoms with Crippen LogP contribution in [0.25, 0.3) is 6.08 Å². The number of amides is 1. The van der Waals surface area contributed by atoms with Crippen molar-refractivity contribution in [3.8, 4) is 11.8 Å².